The highest BCUT2D eigenvalue weighted by Crippen LogP contribution is 2.21. The van der Waals surface area contributed by atoms with E-state index in [0.717, 1.165) is 4.98 Å². The van der Waals surface area contributed by atoms with Crippen LogP contribution in [0.15, 0.2) is 24.4 Å². The lowest BCUT2D eigenvalue weighted by molar-refractivity contribution is 0.177. The molecule has 2 heterocycles. The molecule has 5 heteroatoms. The lowest BCUT2D eigenvalue weighted by atomic mass is 10.0. The second-order valence-electron chi connectivity index (χ2n) is 4.57. The van der Waals surface area contributed by atoms with E-state index in [9.17, 15) is 4.79 Å². The van der Waals surface area contributed by atoms with Gasteiger partial charge in [-0.15, -0.1) is 0 Å². The average molecular weight is 299 g/mol. The summed E-state index contributed by atoms with van der Waals surface area (Å²) in [6, 6.07) is 1.46. The number of hydrogen-bond acceptors (Lipinski definition) is 3. The molecule has 5 nitrogen and oxygen atoms in total. The molecule has 1 aliphatic heterocycles. The Morgan fingerprint density at radius 2 is 2.57 bits per heavy atom. The van der Waals surface area contributed by atoms with Gasteiger partial charge in [-0.1, -0.05) is 6.07 Å². The molecule has 2 N–H and O–H groups in total. The van der Waals surface area contributed by atoms with E-state index >= 15 is 0 Å². The number of cyclic esters (lactones) is 1. The first kappa shape index (κ1) is 5.65. The van der Waals surface area contributed by atoms with Gasteiger partial charge in [0.1, 0.15) is 6.61 Å². The number of nitrogens with one attached hydrogen (secondary N) is 2. The topological polar surface area (TPSA) is 57.4 Å². The molecule has 0 spiro atoms. The van der Waals surface area contributed by atoms with Crippen LogP contribution in [-0.2, 0) is 17.5 Å². The van der Waals surface area contributed by atoms with Crippen LogP contribution < -0.4 is 5.31 Å². The summed E-state index contributed by atoms with van der Waals surface area (Å²) >= 11 is 0. The highest BCUT2D eigenvalue weighted by molar-refractivity contribution is 5.84. The summed E-state index contributed by atoms with van der Waals surface area (Å²) in [6.07, 6.45) is -4.33. The fourth-order valence-corrected chi connectivity index (χ4v) is 2.09. The fraction of sp³-hybridized carbons (Fsp3) is 0.438. The Morgan fingerprint density at radius 1 is 1.67 bits per heavy atom. The van der Waals surface area contributed by atoms with Crippen molar-refractivity contribution in [1.82, 2.24) is 15.2 Å². The second-order valence-corrected chi connectivity index (χ2v) is 4.57. The van der Waals surface area contributed by atoms with Crippen LogP contribution in [-0.4, -0.2) is 49.1 Å². The molecule has 1 atom stereocenters. The van der Waals surface area contributed by atoms with Crippen molar-refractivity contribution in [2.45, 2.75) is 18.8 Å². The Balaban J connectivity index is 2.05. The number of benzene rings is 1. The van der Waals surface area contributed by atoms with Crippen molar-refractivity contribution in [1.29, 1.82) is 0 Å². The van der Waals surface area contributed by atoms with Gasteiger partial charge in [0, 0.05) is 34.6 Å². The number of aromatic nitrogens is 1. The molecule has 1 amide bonds. The minimum atomic E-state index is -2.93. The van der Waals surface area contributed by atoms with Crippen molar-refractivity contribution in [3.63, 3.8) is 0 Å². The zero-order valence-electron chi connectivity index (χ0n) is 23.0. The molecule has 1 aliphatic rings. The van der Waals surface area contributed by atoms with Crippen LogP contribution >= 0.6 is 0 Å². The molecule has 1 aromatic carbocycles. The summed E-state index contributed by atoms with van der Waals surface area (Å²) in [4.78, 5) is 12.6. The molecule has 0 aliphatic carbocycles. The zero-order valence-corrected chi connectivity index (χ0v) is 11.0. The summed E-state index contributed by atoms with van der Waals surface area (Å²) in [6.45, 7) is -7.04. The summed E-state index contributed by atoms with van der Waals surface area (Å²) in [5.41, 5.74) is 0.178. The highest BCUT2D eigenvalue weighted by Gasteiger charge is 2.22. The number of hydrogen-bond donors (Lipinski definition) is 2. The maximum atomic E-state index is 11.6. The maximum Gasteiger partial charge on any atom is 0.407 e. The third-order valence-electron chi connectivity index (χ3n) is 3.07. The Bertz CT molecular complexity index is 1070. The highest BCUT2D eigenvalue weighted by atomic mass is 16.6. The number of ether oxygens (including phenoxy) is 1. The number of carbonyl (C=O) groups excluding carboxylic acids is 1. The molecule has 2 aromatic rings. The second kappa shape index (κ2) is 5.77. The Hall–Kier alpha value is -2.01. The standard InChI is InChI=1S/C16H21N3O2/c1-19(2)6-5-12-9-17-15-4-3-11(8-14(12)15)7-13-10-21-16(20)18-13/h3-4,8-9,13,17H,5-7,10H2,1-2H3,(H,18,20)/t13-/m0/s1/i1D3,2D3,7D2,9D,13D/hD2. The number of likely N-dealkylation sites (N-methyl/N-ethyl adjacent to an activating group) is 1. The van der Waals surface area contributed by atoms with E-state index in [1.807, 2.05) is 0 Å². The van der Waals surface area contributed by atoms with Crippen molar-refractivity contribution in [2.75, 3.05) is 27.1 Å². The number of aromatic amines is 1. The normalized spacial score (nSPS) is 32.4. The van der Waals surface area contributed by atoms with Crippen LogP contribution in [0.2, 0.25) is 2.82 Å². The van der Waals surface area contributed by atoms with E-state index < -0.39 is 45.6 Å². The van der Waals surface area contributed by atoms with Crippen molar-refractivity contribution < 1.29 is 26.1 Å². The molecule has 1 aromatic heterocycles. The Labute approximate surface area is 141 Å². The molecule has 0 radical (unpaired) electrons. The molecule has 0 saturated carbocycles. The summed E-state index contributed by atoms with van der Waals surface area (Å²) in [5, 5.41) is 0.298. The molecular formula is C16H21N3O2. The van der Waals surface area contributed by atoms with Gasteiger partial charge in [0.05, 0.1) is 8.76 Å². The number of alkyl carbamates (subject to hydrolysis) is 1. The molecule has 1 fully saturated rings. The van der Waals surface area contributed by atoms with Crippen LogP contribution in [0.3, 0.4) is 0 Å². The third kappa shape index (κ3) is 3.19. The Morgan fingerprint density at radius 3 is 3.33 bits per heavy atom. The van der Waals surface area contributed by atoms with E-state index in [1.54, 1.807) is 0 Å². The van der Waals surface area contributed by atoms with Crippen LogP contribution in [0.4, 0.5) is 4.79 Å². The fourth-order valence-electron chi connectivity index (χ4n) is 2.09. The summed E-state index contributed by atoms with van der Waals surface area (Å²) in [7, 11) is 0. The quantitative estimate of drug-likeness (QED) is 0.887. The number of carbonyl (C=O) groups is 1. The van der Waals surface area contributed by atoms with Gasteiger partial charge in [0.2, 0.25) is 0 Å². The van der Waals surface area contributed by atoms with Crippen LogP contribution in [0.1, 0.15) is 24.8 Å². The van der Waals surface area contributed by atoms with Crippen molar-refractivity contribution in [3.05, 3.63) is 35.5 Å². The van der Waals surface area contributed by atoms with Crippen molar-refractivity contribution in [2.24, 2.45) is 0 Å². The van der Waals surface area contributed by atoms with Gasteiger partial charge >= 0.3 is 6.09 Å². The monoisotopic (exact) mass is 299 g/mol. The molecule has 112 valence electrons. The first-order valence-electron chi connectivity index (χ1n) is 12.2. The van der Waals surface area contributed by atoms with E-state index in [2.05, 4.69) is 4.74 Å². The van der Waals surface area contributed by atoms with Crippen LogP contribution in [0.25, 0.3) is 10.9 Å². The van der Waals surface area contributed by atoms with E-state index in [1.165, 1.54) is 18.2 Å². The number of rotatable bonds is 5. The molecule has 0 unspecified atom stereocenters. The lowest BCUT2D eigenvalue weighted by Gasteiger charge is -2.09. The molecule has 1 saturated heterocycles. The van der Waals surface area contributed by atoms with Gasteiger partial charge < -0.3 is 19.9 Å². The van der Waals surface area contributed by atoms with Crippen molar-refractivity contribution >= 4 is 17.0 Å². The average Bonchev–Trinajstić information content (AvgIpc) is 3.09. The first-order valence-corrected chi connectivity index (χ1v) is 6.30. The SMILES string of the molecule is [2H]c1c(CCN(C([2H])([2H])[2H])C([2H])([2H])[2H])c2cc(C([2H])([2H])[C@@]3([2H])COC(=O)N3[2H])ccc2n1[2H]. The number of nitrogens with zero attached hydrogens (tertiary/aromatic N) is 1. The smallest absolute Gasteiger partial charge is 0.407 e. The third-order valence-corrected chi connectivity index (χ3v) is 3.07. The number of amides is 1. The van der Waals surface area contributed by atoms with Gasteiger partial charge in [0.25, 0.3) is 0 Å². The minimum absolute atomic E-state index is 0.105. The zero-order chi connectivity index (χ0) is 25.1. The van der Waals surface area contributed by atoms with Crippen LogP contribution in [0, 0.1) is 0 Å². The maximum absolute atomic E-state index is 11.6. The summed E-state index contributed by atoms with van der Waals surface area (Å²) in [5.74, 6) is 0. The molecular weight excluding hydrogens is 266 g/mol. The molecule has 21 heavy (non-hydrogen) atoms. The van der Waals surface area contributed by atoms with Gasteiger partial charge in [-0.25, -0.2) is 4.79 Å². The van der Waals surface area contributed by atoms with Crippen LogP contribution in [0.5, 0.6) is 0 Å². The van der Waals surface area contributed by atoms with Gasteiger partial charge in [-0.3, -0.25) is 0 Å². The predicted molar refractivity (Wildman–Crippen MR) is 82.5 cm³/mol. The number of fused-ring (bicyclic) bond motifs is 1. The van der Waals surface area contributed by atoms with Crippen molar-refractivity contribution in [3.8, 4) is 0 Å². The van der Waals surface area contributed by atoms with E-state index in [-0.39, 0.29) is 39.9 Å². The van der Waals surface area contributed by atoms with E-state index in [0.29, 0.717) is 4.90 Å². The van der Waals surface area contributed by atoms with Gasteiger partial charge in [-0.05, 0) is 50.0 Å². The van der Waals surface area contributed by atoms with E-state index in [4.69, 9.17) is 16.5 Å². The predicted octanol–water partition coefficient (Wildman–Crippen LogP) is 1.92. The first-order chi connectivity index (χ1) is 14.9. The molecule has 3 rings (SSSR count). The Kier molecular flexibility index (Phi) is 1.55. The van der Waals surface area contributed by atoms with Gasteiger partial charge in [0.15, 0.2) is 2.82 Å². The summed E-state index contributed by atoms with van der Waals surface area (Å²) < 4.78 is 98.8. The minimum Gasteiger partial charge on any atom is -0.447 e. The van der Waals surface area contributed by atoms with Gasteiger partial charge in [-0.2, -0.15) is 0 Å². The molecule has 0 bridgehead atoms. The number of H-pyrrole nitrogens is 1. The lowest BCUT2D eigenvalue weighted by Crippen LogP contribution is -2.28. The largest absolute Gasteiger partial charge is 0.447 e.